The Hall–Kier alpha value is 0.240. The highest BCUT2D eigenvalue weighted by Gasteiger charge is 2.63. The van der Waals surface area contributed by atoms with Gasteiger partial charge in [0, 0.05) is 10.7 Å². The fourth-order valence-electron chi connectivity index (χ4n) is 2.26. The maximum Gasteiger partial charge on any atom is 0.238 e. The van der Waals surface area contributed by atoms with Crippen LogP contribution in [-0.4, -0.2) is 13.2 Å². The van der Waals surface area contributed by atoms with Crippen molar-refractivity contribution in [3.63, 3.8) is 0 Å². The molecule has 11 heavy (non-hydrogen) atoms. The van der Waals surface area contributed by atoms with Gasteiger partial charge in [0.2, 0.25) is 9.05 Å². The molecule has 64 valence electrons. The van der Waals surface area contributed by atoms with Gasteiger partial charge in [-0.15, -0.1) is 0 Å². The first-order chi connectivity index (χ1) is 5.06. The molecule has 0 amide bonds. The first-order valence-corrected chi connectivity index (χ1v) is 6.31. The Morgan fingerprint density at radius 1 is 1.36 bits per heavy atom. The minimum Gasteiger partial charge on any atom is -0.212 e. The highest BCUT2D eigenvalue weighted by Crippen LogP contribution is 2.59. The van der Waals surface area contributed by atoms with E-state index in [2.05, 4.69) is 0 Å². The van der Waals surface area contributed by atoms with E-state index in [4.69, 9.17) is 10.7 Å². The van der Waals surface area contributed by atoms with Crippen molar-refractivity contribution in [2.75, 3.05) is 0 Å². The summed E-state index contributed by atoms with van der Waals surface area (Å²) in [6.45, 7) is 0. The van der Waals surface area contributed by atoms with E-state index in [1.807, 2.05) is 0 Å². The van der Waals surface area contributed by atoms with Crippen LogP contribution in [0.15, 0.2) is 0 Å². The lowest BCUT2D eigenvalue weighted by molar-refractivity contribution is 0.480. The highest BCUT2D eigenvalue weighted by atomic mass is 35.7. The summed E-state index contributed by atoms with van der Waals surface area (Å²) in [4.78, 5) is 0. The molecule has 2 rings (SSSR count). The van der Waals surface area contributed by atoms with Crippen molar-refractivity contribution in [2.45, 2.75) is 36.9 Å². The Bertz CT molecular complexity index is 272. The molecule has 0 aromatic heterocycles. The highest BCUT2D eigenvalue weighted by molar-refractivity contribution is 8.15. The molecule has 0 radical (unpaired) electrons. The van der Waals surface area contributed by atoms with Gasteiger partial charge in [-0.05, 0) is 25.2 Å². The molecular formula is C7H11ClO2S. The minimum atomic E-state index is -3.28. The molecule has 0 saturated heterocycles. The lowest BCUT2D eigenvalue weighted by atomic mass is 10.0. The van der Waals surface area contributed by atoms with Crippen LogP contribution in [0.4, 0.5) is 0 Å². The molecule has 2 saturated carbocycles. The van der Waals surface area contributed by atoms with Crippen LogP contribution in [0.5, 0.6) is 0 Å². The van der Waals surface area contributed by atoms with Crippen molar-refractivity contribution in [3.8, 4) is 0 Å². The molecule has 0 heterocycles. The van der Waals surface area contributed by atoms with E-state index in [0.717, 1.165) is 25.7 Å². The first-order valence-electron chi connectivity index (χ1n) is 4.00. The largest absolute Gasteiger partial charge is 0.238 e. The molecule has 0 N–H and O–H groups in total. The van der Waals surface area contributed by atoms with E-state index < -0.39 is 13.8 Å². The van der Waals surface area contributed by atoms with Crippen LogP contribution in [0.1, 0.15) is 32.1 Å². The summed E-state index contributed by atoms with van der Waals surface area (Å²) in [6, 6.07) is 0. The molecule has 0 unspecified atom stereocenters. The van der Waals surface area contributed by atoms with E-state index in [9.17, 15) is 8.42 Å². The van der Waals surface area contributed by atoms with Crippen LogP contribution < -0.4 is 0 Å². The Kier molecular flexibility index (Phi) is 1.53. The lowest BCUT2D eigenvalue weighted by Crippen LogP contribution is -2.23. The molecule has 0 aromatic rings. The van der Waals surface area contributed by atoms with E-state index in [-0.39, 0.29) is 0 Å². The number of halogens is 1. The molecule has 2 atom stereocenters. The topological polar surface area (TPSA) is 34.1 Å². The standard InChI is InChI=1S/C7H11ClO2S/c8-11(9,10)7-4-2-1-3-6(7)5-7/h6H,1-5H2/t6-,7-/m1/s1. The van der Waals surface area contributed by atoms with Crippen molar-refractivity contribution >= 4 is 19.7 Å². The summed E-state index contributed by atoms with van der Waals surface area (Å²) in [5.41, 5.74) is 0. The maximum atomic E-state index is 11.1. The second kappa shape index (κ2) is 2.13. The van der Waals surface area contributed by atoms with Crippen molar-refractivity contribution in [3.05, 3.63) is 0 Å². The predicted octanol–water partition coefficient (Wildman–Crippen LogP) is 1.89. The third kappa shape index (κ3) is 1.01. The summed E-state index contributed by atoms with van der Waals surface area (Å²) >= 11 is 0. The molecule has 2 aliphatic carbocycles. The first kappa shape index (κ1) is 7.87. The predicted molar refractivity (Wildman–Crippen MR) is 44.1 cm³/mol. The van der Waals surface area contributed by atoms with Crippen LogP contribution >= 0.6 is 10.7 Å². The van der Waals surface area contributed by atoms with Crippen LogP contribution in [0, 0.1) is 5.92 Å². The normalized spacial score (nSPS) is 43.2. The molecule has 0 aliphatic heterocycles. The molecule has 2 fully saturated rings. The molecule has 2 nitrogen and oxygen atoms in total. The van der Waals surface area contributed by atoms with Gasteiger partial charge in [0.05, 0.1) is 4.75 Å². The Labute approximate surface area is 71.3 Å². The smallest absolute Gasteiger partial charge is 0.212 e. The average Bonchev–Trinajstić information content (AvgIpc) is 2.59. The monoisotopic (exact) mass is 194 g/mol. The van der Waals surface area contributed by atoms with Gasteiger partial charge in [-0.25, -0.2) is 8.42 Å². The van der Waals surface area contributed by atoms with E-state index >= 15 is 0 Å². The minimum absolute atomic E-state index is 0.388. The van der Waals surface area contributed by atoms with Gasteiger partial charge in [-0.2, -0.15) is 0 Å². The zero-order valence-electron chi connectivity index (χ0n) is 6.22. The second-order valence-corrected chi connectivity index (χ2v) is 6.56. The van der Waals surface area contributed by atoms with Crippen molar-refractivity contribution in [1.82, 2.24) is 0 Å². The van der Waals surface area contributed by atoms with E-state index in [1.54, 1.807) is 0 Å². The summed E-state index contributed by atoms with van der Waals surface area (Å²) in [5, 5.41) is 0. The number of hydrogen-bond acceptors (Lipinski definition) is 2. The van der Waals surface area contributed by atoms with Crippen LogP contribution in [-0.2, 0) is 9.05 Å². The number of hydrogen-bond donors (Lipinski definition) is 0. The lowest BCUT2D eigenvalue weighted by Gasteiger charge is -2.17. The molecule has 0 bridgehead atoms. The quantitative estimate of drug-likeness (QED) is 0.598. The van der Waals surface area contributed by atoms with Gasteiger partial charge >= 0.3 is 0 Å². The van der Waals surface area contributed by atoms with E-state index in [1.165, 1.54) is 6.42 Å². The number of rotatable bonds is 1. The van der Waals surface area contributed by atoms with Crippen LogP contribution in [0.25, 0.3) is 0 Å². The van der Waals surface area contributed by atoms with Gasteiger partial charge in [-0.3, -0.25) is 0 Å². The van der Waals surface area contributed by atoms with Crippen molar-refractivity contribution in [1.29, 1.82) is 0 Å². The van der Waals surface area contributed by atoms with E-state index in [0.29, 0.717) is 5.92 Å². The fourth-order valence-corrected chi connectivity index (χ4v) is 4.37. The van der Waals surface area contributed by atoms with Gasteiger partial charge in [-0.1, -0.05) is 12.8 Å². The van der Waals surface area contributed by atoms with Gasteiger partial charge in [0.25, 0.3) is 0 Å². The summed E-state index contributed by atoms with van der Waals surface area (Å²) in [5.74, 6) is 0.388. The molecule has 2 aliphatic rings. The van der Waals surface area contributed by atoms with Crippen LogP contribution in [0.3, 0.4) is 0 Å². The van der Waals surface area contributed by atoms with Crippen LogP contribution in [0.2, 0.25) is 0 Å². The molecule has 0 aromatic carbocycles. The Morgan fingerprint density at radius 3 is 2.55 bits per heavy atom. The summed E-state index contributed by atoms with van der Waals surface area (Å²) in [6.07, 6.45) is 4.88. The molecular weight excluding hydrogens is 184 g/mol. The second-order valence-electron chi connectivity index (χ2n) is 3.65. The zero-order valence-corrected chi connectivity index (χ0v) is 7.79. The number of fused-ring (bicyclic) bond motifs is 1. The SMILES string of the molecule is O=S(=O)(Cl)[C@@]12CCCC[C@@H]1C2. The van der Waals surface area contributed by atoms with Gasteiger partial charge in [0.1, 0.15) is 0 Å². The zero-order chi connectivity index (χ0) is 8.11. The Balaban J connectivity index is 2.27. The van der Waals surface area contributed by atoms with Gasteiger partial charge < -0.3 is 0 Å². The third-order valence-corrected chi connectivity index (χ3v) is 5.66. The molecule has 4 heteroatoms. The maximum absolute atomic E-state index is 11.1. The summed E-state index contributed by atoms with van der Waals surface area (Å²) in [7, 11) is 2.09. The van der Waals surface area contributed by atoms with Crippen molar-refractivity contribution in [2.24, 2.45) is 5.92 Å². The van der Waals surface area contributed by atoms with Gasteiger partial charge in [0.15, 0.2) is 0 Å². The third-order valence-electron chi connectivity index (χ3n) is 3.06. The summed E-state index contributed by atoms with van der Waals surface area (Å²) < 4.78 is 21.8. The fraction of sp³-hybridized carbons (Fsp3) is 1.00. The Morgan fingerprint density at radius 2 is 2.09 bits per heavy atom. The van der Waals surface area contributed by atoms with Crippen molar-refractivity contribution < 1.29 is 8.42 Å². The molecule has 0 spiro atoms. The average molecular weight is 195 g/mol.